The summed E-state index contributed by atoms with van der Waals surface area (Å²) < 4.78 is 12.5. The van der Waals surface area contributed by atoms with E-state index in [0.29, 0.717) is 24.1 Å². The Kier molecular flexibility index (Phi) is 2.35. The zero-order valence-corrected chi connectivity index (χ0v) is 10.3. The van der Waals surface area contributed by atoms with Crippen LogP contribution in [0.5, 0.6) is 0 Å². The molecule has 7 heteroatoms. The Morgan fingerprint density at radius 3 is 2.85 bits per heavy atom. The fourth-order valence-electron chi connectivity index (χ4n) is 1.98. The molecule has 0 radical (unpaired) electrons. The number of hydrogen-bond acceptors (Lipinski definition) is 6. The summed E-state index contributed by atoms with van der Waals surface area (Å²) in [5, 5.41) is 16.1. The van der Waals surface area contributed by atoms with Gasteiger partial charge in [0, 0.05) is 0 Å². The van der Waals surface area contributed by atoms with Crippen LogP contribution >= 0.6 is 0 Å². The van der Waals surface area contributed by atoms with E-state index in [1.165, 1.54) is 0 Å². The van der Waals surface area contributed by atoms with Crippen LogP contribution in [0.25, 0.3) is 22.7 Å². The van der Waals surface area contributed by atoms with Gasteiger partial charge in [0.25, 0.3) is 5.89 Å². The molecule has 0 spiro atoms. The molecule has 0 fully saturated rings. The molecule has 0 saturated carbocycles. The van der Waals surface area contributed by atoms with Gasteiger partial charge >= 0.3 is 0 Å². The van der Waals surface area contributed by atoms with Crippen molar-refractivity contribution in [2.24, 2.45) is 0 Å². The average molecular weight is 267 g/mol. The van der Waals surface area contributed by atoms with Gasteiger partial charge in [0.05, 0.1) is 11.8 Å². The van der Waals surface area contributed by atoms with Crippen molar-refractivity contribution in [2.45, 2.75) is 6.54 Å². The van der Waals surface area contributed by atoms with E-state index < -0.39 is 0 Å². The van der Waals surface area contributed by atoms with Gasteiger partial charge in [0.1, 0.15) is 12.1 Å². The molecule has 0 bridgehead atoms. The molecule has 0 unspecified atom stereocenters. The zero-order chi connectivity index (χ0) is 13.4. The fraction of sp³-hybridized carbons (Fsp3) is 0.0769. The molecule has 0 aliphatic rings. The van der Waals surface area contributed by atoms with E-state index in [0.717, 1.165) is 11.0 Å². The van der Waals surface area contributed by atoms with Crippen molar-refractivity contribution < 1.29 is 8.83 Å². The number of fused-ring (bicyclic) bond motifs is 1. The van der Waals surface area contributed by atoms with Crippen LogP contribution in [0.3, 0.4) is 0 Å². The molecule has 3 aromatic heterocycles. The first kappa shape index (κ1) is 10.9. The fourth-order valence-corrected chi connectivity index (χ4v) is 1.98. The van der Waals surface area contributed by atoms with Crippen molar-refractivity contribution in [1.29, 1.82) is 0 Å². The predicted octanol–water partition coefficient (Wildman–Crippen LogP) is 2.12. The van der Waals surface area contributed by atoms with Crippen LogP contribution in [-0.4, -0.2) is 25.2 Å². The molecule has 98 valence electrons. The first-order valence-corrected chi connectivity index (χ1v) is 6.04. The van der Waals surface area contributed by atoms with Gasteiger partial charge in [-0.05, 0) is 24.3 Å². The van der Waals surface area contributed by atoms with Crippen LogP contribution in [0.15, 0.2) is 51.5 Å². The summed E-state index contributed by atoms with van der Waals surface area (Å²) in [5.41, 5.74) is 1.75. The van der Waals surface area contributed by atoms with Crippen LogP contribution in [-0.2, 0) is 6.54 Å². The monoisotopic (exact) mass is 267 g/mol. The lowest BCUT2D eigenvalue weighted by molar-refractivity contribution is 0.458. The maximum absolute atomic E-state index is 5.55. The molecule has 0 N–H and O–H groups in total. The standard InChI is InChI=1S/C13H9N5O2/c1-2-5-10-9(4-1)14-17-18(10)8-12-15-16-13(20-12)11-6-3-7-19-11/h1-7H,8H2. The number of nitrogens with zero attached hydrogens (tertiary/aromatic N) is 5. The Morgan fingerprint density at radius 2 is 1.95 bits per heavy atom. The summed E-state index contributed by atoms with van der Waals surface area (Å²) in [6.45, 7) is 0.369. The van der Waals surface area contributed by atoms with Crippen LogP contribution in [0, 0.1) is 0 Å². The minimum atomic E-state index is 0.356. The predicted molar refractivity (Wildman–Crippen MR) is 68.6 cm³/mol. The van der Waals surface area contributed by atoms with Gasteiger partial charge < -0.3 is 8.83 Å². The van der Waals surface area contributed by atoms with E-state index in [9.17, 15) is 0 Å². The normalized spacial score (nSPS) is 11.2. The summed E-state index contributed by atoms with van der Waals surface area (Å²) >= 11 is 0. The molecule has 0 aliphatic heterocycles. The third kappa shape index (κ3) is 1.76. The quantitative estimate of drug-likeness (QED) is 0.565. The Bertz CT molecular complexity index is 847. The van der Waals surface area contributed by atoms with Crippen molar-refractivity contribution >= 4 is 11.0 Å². The Morgan fingerprint density at radius 1 is 1.00 bits per heavy atom. The van der Waals surface area contributed by atoms with Crippen molar-refractivity contribution in [3.05, 3.63) is 48.6 Å². The van der Waals surface area contributed by atoms with Gasteiger partial charge in [0.15, 0.2) is 5.76 Å². The van der Waals surface area contributed by atoms with Crippen LogP contribution in [0.1, 0.15) is 5.89 Å². The van der Waals surface area contributed by atoms with Crippen LogP contribution in [0.2, 0.25) is 0 Å². The van der Waals surface area contributed by atoms with Gasteiger partial charge in [-0.25, -0.2) is 4.68 Å². The van der Waals surface area contributed by atoms with E-state index in [4.69, 9.17) is 8.83 Å². The van der Waals surface area contributed by atoms with Crippen molar-refractivity contribution in [3.8, 4) is 11.7 Å². The van der Waals surface area contributed by atoms with E-state index in [-0.39, 0.29) is 0 Å². The van der Waals surface area contributed by atoms with Gasteiger partial charge in [0.2, 0.25) is 5.89 Å². The highest BCUT2D eigenvalue weighted by molar-refractivity contribution is 5.73. The molecule has 4 aromatic rings. The maximum atomic E-state index is 5.55. The molecule has 0 saturated heterocycles. The smallest absolute Gasteiger partial charge is 0.283 e. The molecule has 20 heavy (non-hydrogen) atoms. The lowest BCUT2D eigenvalue weighted by Crippen LogP contribution is -2.02. The average Bonchev–Trinajstić information content (AvgIpc) is 3.19. The molecule has 4 rings (SSSR count). The number of para-hydroxylation sites is 1. The molecular weight excluding hydrogens is 258 g/mol. The SMILES string of the molecule is c1coc(-c2nnc(Cn3nnc4ccccc43)o2)c1. The molecule has 7 nitrogen and oxygen atoms in total. The Hall–Kier alpha value is -2.96. The number of aromatic nitrogens is 5. The molecule has 3 heterocycles. The first-order chi connectivity index (χ1) is 9.90. The van der Waals surface area contributed by atoms with Gasteiger partial charge in [-0.3, -0.25) is 0 Å². The number of rotatable bonds is 3. The van der Waals surface area contributed by atoms with Gasteiger partial charge in [-0.1, -0.05) is 17.3 Å². The Labute approximate surface area is 112 Å². The lowest BCUT2D eigenvalue weighted by Gasteiger charge is -1.96. The molecule has 0 aliphatic carbocycles. The third-order valence-electron chi connectivity index (χ3n) is 2.90. The second-order valence-electron chi connectivity index (χ2n) is 4.21. The third-order valence-corrected chi connectivity index (χ3v) is 2.90. The topological polar surface area (TPSA) is 82.8 Å². The van der Waals surface area contributed by atoms with Crippen molar-refractivity contribution in [1.82, 2.24) is 25.2 Å². The summed E-state index contributed by atoms with van der Waals surface area (Å²) in [7, 11) is 0. The molecular formula is C13H9N5O2. The van der Waals surface area contributed by atoms with E-state index in [1.807, 2.05) is 24.3 Å². The lowest BCUT2D eigenvalue weighted by atomic mass is 10.3. The van der Waals surface area contributed by atoms with Gasteiger partial charge in [-0.15, -0.1) is 15.3 Å². The van der Waals surface area contributed by atoms with Crippen molar-refractivity contribution in [2.75, 3.05) is 0 Å². The number of furan rings is 1. The van der Waals surface area contributed by atoms with E-state index >= 15 is 0 Å². The Balaban J connectivity index is 1.66. The number of hydrogen-bond donors (Lipinski definition) is 0. The molecule has 0 amide bonds. The maximum Gasteiger partial charge on any atom is 0.283 e. The summed E-state index contributed by atoms with van der Waals surface area (Å²) in [5.74, 6) is 1.36. The van der Waals surface area contributed by atoms with E-state index in [1.54, 1.807) is 23.1 Å². The highest BCUT2D eigenvalue weighted by Crippen LogP contribution is 2.18. The van der Waals surface area contributed by atoms with Crippen molar-refractivity contribution in [3.63, 3.8) is 0 Å². The first-order valence-electron chi connectivity index (χ1n) is 6.04. The molecule has 0 atom stereocenters. The van der Waals surface area contributed by atoms with Crippen LogP contribution in [0.4, 0.5) is 0 Å². The zero-order valence-electron chi connectivity index (χ0n) is 10.3. The highest BCUT2D eigenvalue weighted by Gasteiger charge is 2.12. The minimum absolute atomic E-state index is 0.356. The summed E-state index contributed by atoms with van der Waals surface area (Å²) in [6.07, 6.45) is 1.56. The number of benzene rings is 1. The van der Waals surface area contributed by atoms with Crippen LogP contribution < -0.4 is 0 Å². The largest absolute Gasteiger partial charge is 0.459 e. The minimum Gasteiger partial charge on any atom is -0.459 e. The summed E-state index contributed by atoms with van der Waals surface area (Å²) in [6, 6.07) is 11.2. The van der Waals surface area contributed by atoms with Gasteiger partial charge in [-0.2, -0.15) is 0 Å². The van der Waals surface area contributed by atoms with E-state index in [2.05, 4.69) is 20.5 Å². The second-order valence-corrected chi connectivity index (χ2v) is 4.21. The molecule has 1 aromatic carbocycles. The summed E-state index contributed by atoms with van der Waals surface area (Å²) in [4.78, 5) is 0. The second kappa shape index (κ2) is 4.30. The highest BCUT2D eigenvalue weighted by atomic mass is 16.4.